The number of hydrogen-bond acceptors (Lipinski definition) is 6. The van der Waals surface area contributed by atoms with E-state index in [1.54, 1.807) is 25.1 Å². The number of halogens is 3. The lowest BCUT2D eigenvalue weighted by molar-refractivity contribution is -0.139. The first kappa shape index (κ1) is 31.4. The van der Waals surface area contributed by atoms with Gasteiger partial charge in [-0.3, -0.25) is 13.9 Å². The normalized spacial score (nSPS) is 13.3. The van der Waals surface area contributed by atoms with Crippen molar-refractivity contribution in [2.45, 2.75) is 37.8 Å². The molecule has 0 radical (unpaired) electrons. The number of anilines is 1. The number of nitrogens with zero attached hydrogens (tertiary/aromatic N) is 2. The summed E-state index contributed by atoms with van der Waals surface area (Å²) >= 11 is 12.2. The first-order chi connectivity index (χ1) is 20.0. The van der Waals surface area contributed by atoms with Crippen LogP contribution in [0, 0.1) is 5.82 Å². The molecule has 0 unspecified atom stereocenters. The SMILES string of the molecule is CCCNC(=O)[C@@H](C)N(Cc1ccc(Cl)c(Cl)c1)C(=O)CN(c1ccc(F)cc1)S(=O)(=O)c1ccc2c(c1)OCCO2. The van der Waals surface area contributed by atoms with Crippen LogP contribution >= 0.6 is 23.2 Å². The highest BCUT2D eigenvalue weighted by molar-refractivity contribution is 7.92. The summed E-state index contributed by atoms with van der Waals surface area (Å²) < 4.78 is 53.7. The second-order valence-corrected chi connectivity index (χ2v) is 12.2. The second kappa shape index (κ2) is 13.6. The molecule has 1 N–H and O–H groups in total. The number of benzene rings is 3. The molecule has 4 rings (SSSR count). The van der Waals surface area contributed by atoms with Crippen LogP contribution in [0.2, 0.25) is 10.0 Å². The predicted molar refractivity (Wildman–Crippen MR) is 158 cm³/mol. The van der Waals surface area contributed by atoms with E-state index < -0.39 is 40.2 Å². The van der Waals surface area contributed by atoms with Crippen molar-refractivity contribution in [3.8, 4) is 11.5 Å². The molecule has 3 aromatic rings. The topological polar surface area (TPSA) is 105 Å². The van der Waals surface area contributed by atoms with Gasteiger partial charge in [-0.1, -0.05) is 36.2 Å². The Labute approximate surface area is 254 Å². The van der Waals surface area contributed by atoms with E-state index in [2.05, 4.69) is 5.32 Å². The Morgan fingerprint density at radius 1 is 0.976 bits per heavy atom. The molecule has 1 atom stereocenters. The van der Waals surface area contributed by atoms with Crippen molar-refractivity contribution < 1.29 is 31.9 Å². The van der Waals surface area contributed by atoms with E-state index in [9.17, 15) is 22.4 Å². The number of ether oxygens (including phenoxy) is 2. The van der Waals surface area contributed by atoms with Crippen molar-refractivity contribution in [3.05, 3.63) is 82.1 Å². The zero-order valence-electron chi connectivity index (χ0n) is 23.0. The molecule has 1 aliphatic heterocycles. The van der Waals surface area contributed by atoms with Crippen LogP contribution in [0.1, 0.15) is 25.8 Å². The van der Waals surface area contributed by atoms with Gasteiger partial charge < -0.3 is 19.7 Å². The van der Waals surface area contributed by atoms with Gasteiger partial charge in [-0.25, -0.2) is 12.8 Å². The number of amides is 2. The molecule has 42 heavy (non-hydrogen) atoms. The van der Waals surface area contributed by atoms with Gasteiger partial charge in [0.25, 0.3) is 10.0 Å². The Bertz CT molecular complexity index is 1560. The first-order valence-corrected chi connectivity index (χ1v) is 15.4. The molecule has 1 aliphatic rings. The van der Waals surface area contributed by atoms with Gasteiger partial charge in [-0.2, -0.15) is 0 Å². The monoisotopic (exact) mass is 637 g/mol. The minimum Gasteiger partial charge on any atom is -0.486 e. The van der Waals surface area contributed by atoms with Crippen LogP contribution in [-0.2, 0) is 26.2 Å². The second-order valence-electron chi connectivity index (χ2n) is 9.53. The van der Waals surface area contributed by atoms with Gasteiger partial charge in [-0.05, 0) is 67.4 Å². The third kappa shape index (κ3) is 7.26. The highest BCUT2D eigenvalue weighted by Gasteiger charge is 2.33. The van der Waals surface area contributed by atoms with Gasteiger partial charge >= 0.3 is 0 Å². The lowest BCUT2D eigenvalue weighted by Gasteiger charge is -2.32. The van der Waals surface area contributed by atoms with Gasteiger partial charge in [0.1, 0.15) is 31.6 Å². The molecule has 0 bridgehead atoms. The third-order valence-corrected chi connectivity index (χ3v) is 9.06. The average molecular weight is 639 g/mol. The largest absolute Gasteiger partial charge is 0.486 e. The number of carbonyl (C=O) groups excluding carboxylic acids is 2. The van der Waals surface area contributed by atoms with E-state index in [1.807, 2.05) is 6.92 Å². The molecule has 224 valence electrons. The summed E-state index contributed by atoms with van der Waals surface area (Å²) in [6.45, 7) is 3.68. The van der Waals surface area contributed by atoms with Crippen LogP contribution in [0.4, 0.5) is 10.1 Å². The fraction of sp³-hybridized carbons (Fsp3) is 0.310. The Balaban J connectivity index is 1.72. The zero-order valence-corrected chi connectivity index (χ0v) is 25.3. The summed E-state index contributed by atoms with van der Waals surface area (Å²) in [6, 6.07) is 12.7. The molecule has 3 aromatic carbocycles. The lowest BCUT2D eigenvalue weighted by Crippen LogP contribution is -2.51. The van der Waals surface area contributed by atoms with Gasteiger partial charge in [0, 0.05) is 19.2 Å². The molecular weight excluding hydrogens is 608 g/mol. The molecule has 0 saturated heterocycles. The molecule has 9 nitrogen and oxygen atoms in total. The number of sulfonamides is 1. The molecule has 0 saturated carbocycles. The van der Waals surface area contributed by atoms with Crippen LogP contribution in [0.5, 0.6) is 11.5 Å². The van der Waals surface area contributed by atoms with E-state index >= 15 is 0 Å². The molecule has 13 heteroatoms. The van der Waals surface area contributed by atoms with E-state index in [0.29, 0.717) is 35.9 Å². The minimum absolute atomic E-state index is 0.0530. The van der Waals surface area contributed by atoms with Crippen molar-refractivity contribution >= 4 is 50.7 Å². The number of hydrogen-bond donors (Lipinski definition) is 1. The van der Waals surface area contributed by atoms with Crippen molar-refractivity contribution in [2.75, 3.05) is 30.6 Å². The van der Waals surface area contributed by atoms with Crippen molar-refractivity contribution in [3.63, 3.8) is 0 Å². The van der Waals surface area contributed by atoms with Crippen LogP contribution in [0.15, 0.2) is 65.6 Å². The fourth-order valence-electron chi connectivity index (χ4n) is 4.26. The maximum Gasteiger partial charge on any atom is 0.264 e. The molecule has 2 amide bonds. The molecule has 1 heterocycles. The maximum atomic E-state index is 14.0. The summed E-state index contributed by atoms with van der Waals surface area (Å²) in [7, 11) is -4.39. The van der Waals surface area contributed by atoms with Gasteiger partial charge in [0.15, 0.2) is 11.5 Å². The predicted octanol–water partition coefficient (Wildman–Crippen LogP) is 5.04. The smallest absolute Gasteiger partial charge is 0.264 e. The Morgan fingerprint density at radius 2 is 1.67 bits per heavy atom. The molecular formula is C29H30Cl2FN3O6S. The van der Waals surface area contributed by atoms with Crippen molar-refractivity contribution in [1.29, 1.82) is 0 Å². The Kier molecular flexibility index (Phi) is 10.2. The first-order valence-electron chi connectivity index (χ1n) is 13.2. The maximum absolute atomic E-state index is 14.0. The van der Waals surface area contributed by atoms with E-state index in [0.717, 1.165) is 16.4 Å². The Hall–Kier alpha value is -3.54. The molecule has 0 aliphatic carbocycles. The summed E-state index contributed by atoms with van der Waals surface area (Å²) in [4.78, 5) is 28.0. The summed E-state index contributed by atoms with van der Waals surface area (Å²) in [5.74, 6) is -1.03. The van der Waals surface area contributed by atoms with Crippen LogP contribution in [-0.4, -0.2) is 57.5 Å². The van der Waals surface area contributed by atoms with E-state index in [-0.39, 0.29) is 34.5 Å². The van der Waals surface area contributed by atoms with E-state index in [4.69, 9.17) is 32.7 Å². The summed E-state index contributed by atoms with van der Waals surface area (Å²) in [5.41, 5.74) is 0.633. The molecule has 0 spiro atoms. The highest BCUT2D eigenvalue weighted by Crippen LogP contribution is 2.34. The summed E-state index contributed by atoms with van der Waals surface area (Å²) in [5, 5.41) is 3.35. The van der Waals surface area contributed by atoms with Crippen LogP contribution in [0.25, 0.3) is 0 Å². The van der Waals surface area contributed by atoms with Gasteiger partial charge in [-0.15, -0.1) is 0 Å². The Morgan fingerprint density at radius 3 is 2.33 bits per heavy atom. The third-order valence-electron chi connectivity index (χ3n) is 6.55. The number of carbonyl (C=O) groups is 2. The number of rotatable bonds is 11. The molecule has 0 aromatic heterocycles. The van der Waals surface area contributed by atoms with Crippen molar-refractivity contribution in [2.24, 2.45) is 0 Å². The zero-order chi connectivity index (χ0) is 30.4. The van der Waals surface area contributed by atoms with Gasteiger partial charge in [0.2, 0.25) is 11.8 Å². The van der Waals surface area contributed by atoms with Gasteiger partial charge in [0.05, 0.1) is 20.6 Å². The number of nitrogens with one attached hydrogen (secondary N) is 1. The quantitative estimate of drug-likeness (QED) is 0.316. The van der Waals surface area contributed by atoms with Crippen LogP contribution in [0.3, 0.4) is 0 Å². The standard InChI is InChI=1S/C29H30Cl2FN3O6S/c1-3-12-33-29(37)19(2)34(17-20-4-10-24(30)25(31)15-20)28(36)18-35(22-7-5-21(32)6-8-22)42(38,39)23-9-11-26-27(16-23)41-14-13-40-26/h4-11,15-16,19H,3,12-14,17-18H2,1-2H3,(H,33,37)/t19-/m1/s1. The van der Waals surface area contributed by atoms with Crippen LogP contribution < -0.4 is 19.1 Å². The molecule has 0 fully saturated rings. The summed E-state index contributed by atoms with van der Waals surface area (Å²) in [6.07, 6.45) is 0.686. The fourth-order valence-corrected chi connectivity index (χ4v) is 6.01. The van der Waals surface area contributed by atoms with Crippen molar-refractivity contribution in [1.82, 2.24) is 10.2 Å². The average Bonchev–Trinajstić information content (AvgIpc) is 2.98. The highest BCUT2D eigenvalue weighted by atomic mass is 35.5. The number of fused-ring (bicyclic) bond motifs is 1. The lowest BCUT2D eigenvalue weighted by atomic mass is 10.1. The minimum atomic E-state index is -4.39. The van der Waals surface area contributed by atoms with E-state index in [1.165, 1.54) is 35.2 Å².